The maximum Gasteiger partial charge on any atom is 0.306 e. The molecule has 128 valence electrons. The number of epoxide rings is 1. The fourth-order valence-electron chi connectivity index (χ4n) is 4.08. The van der Waals surface area contributed by atoms with Crippen molar-refractivity contribution in [1.82, 2.24) is 0 Å². The molecule has 0 aromatic carbocycles. The molecule has 0 amide bonds. The van der Waals surface area contributed by atoms with Crippen molar-refractivity contribution in [3.63, 3.8) is 0 Å². The van der Waals surface area contributed by atoms with E-state index in [0.717, 1.165) is 25.7 Å². The summed E-state index contributed by atoms with van der Waals surface area (Å²) in [5.41, 5.74) is 0. The molecule has 3 fully saturated rings. The molecule has 3 heteroatoms. The second-order valence-electron chi connectivity index (χ2n) is 7.17. The molecule has 3 aliphatic rings. The van der Waals surface area contributed by atoms with Crippen LogP contribution in [0.25, 0.3) is 0 Å². The first-order valence-electron chi connectivity index (χ1n) is 9.46. The number of unbranched alkanes of at least 4 members (excludes halogenated alkanes) is 3. The van der Waals surface area contributed by atoms with Gasteiger partial charge in [-0.1, -0.05) is 44.1 Å². The van der Waals surface area contributed by atoms with Crippen LogP contribution in [0.15, 0.2) is 24.3 Å². The van der Waals surface area contributed by atoms with Crippen LogP contribution in [0, 0.1) is 11.8 Å². The number of ether oxygens (including phenoxy) is 2. The molecule has 1 aliphatic carbocycles. The van der Waals surface area contributed by atoms with Gasteiger partial charge in [0.15, 0.2) is 0 Å². The topological polar surface area (TPSA) is 38.8 Å². The number of allylic oxidation sites excluding steroid dienone is 3. The SMILES string of the molecule is CCCCC/C=C\C/C=C/[C@@H]1[C@@H]([C@@H]2CCCC(=O)O2)C[C@@H]2O[C@H]12. The molecule has 3 rings (SSSR count). The molecule has 23 heavy (non-hydrogen) atoms. The van der Waals surface area contributed by atoms with Crippen LogP contribution < -0.4 is 0 Å². The van der Waals surface area contributed by atoms with Crippen LogP contribution in [-0.2, 0) is 14.3 Å². The van der Waals surface area contributed by atoms with Crippen LogP contribution in [0.5, 0.6) is 0 Å². The fraction of sp³-hybridized carbons (Fsp3) is 0.750. The van der Waals surface area contributed by atoms with Gasteiger partial charge >= 0.3 is 5.97 Å². The highest BCUT2D eigenvalue weighted by Crippen LogP contribution is 2.50. The third-order valence-electron chi connectivity index (χ3n) is 5.40. The van der Waals surface area contributed by atoms with E-state index >= 15 is 0 Å². The number of fused-ring (bicyclic) bond motifs is 1. The lowest BCUT2D eigenvalue weighted by atomic mass is 9.85. The monoisotopic (exact) mass is 318 g/mol. The van der Waals surface area contributed by atoms with Crippen molar-refractivity contribution in [1.29, 1.82) is 0 Å². The Hall–Kier alpha value is -1.09. The Bertz CT molecular complexity index is 454. The van der Waals surface area contributed by atoms with Crippen molar-refractivity contribution in [3.8, 4) is 0 Å². The quantitative estimate of drug-likeness (QED) is 0.285. The van der Waals surface area contributed by atoms with Gasteiger partial charge in [0.05, 0.1) is 12.2 Å². The van der Waals surface area contributed by atoms with Gasteiger partial charge in [-0.15, -0.1) is 0 Å². The summed E-state index contributed by atoms with van der Waals surface area (Å²) in [6, 6.07) is 0. The van der Waals surface area contributed by atoms with Gasteiger partial charge in [0.1, 0.15) is 6.10 Å². The summed E-state index contributed by atoms with van der Waals surface area (Å²) in [6.45, 7) is 2.24. The van der Waals surface area contributed by atoms with Crippen LogP contribution >= 0.6 is 0 Å². The van der Waals surface area contributed by atoms with Crippen LogP contribution in [0.3, 0.4) is 0 Å². The zero-order valence-electron chi connectivity index (χ0n) is 14.3. The Morgan fingerprint density at radius 3 is 2.91 bits per heavy atom. The zero-order chi connectivity index (χ0) is 16.1. The molecule has 0 unspecified atom stereocenters. The number of cyclic esters (lactones) is 1. The maximum atomic E-state index is 11.6. The average Bonchev–Trinajstić information content (AvgIpc) is 3.23. The smallest absolute Gasteiger partial charge is 0.306 e. The van der Waals surface area contributed by atoms with Crippen LogP contribution in [0.1, 0.15) is 64.7 Å². The summed E-state index contributed by atoms with van der Waals surface area (Å²) < 4.78 is 11.3. The van der Waals surface area contributed by atoms with Crippen molar-refractivity contribution in [2.75, 3.05) is 0 Å². The molecule has 3 nitrogen and oxygen atoms in total. The second kappa shape index (κ2) is 8.14. The molecule has 0 bridgehead atoms. The van der Waals surface area contributed by atoms with E-state index in [0.29, 0.717) is 30.5 Å². The van der Waals surface area contributed by atoms with E-state index in [9.17, 15) is 4.79 Å². The molecule has 0 radical (unpaired) electrons. The minimum Gasteiger partial charge on any atom is -0.462 e. The summed E-state index contributed by atoms with van der Waals surface area (Å²) >= 11 is 0. The molecular weight excluding hydrogens is 288 g/mol. The van der Waals surface area contributed by atoms with E-state index in [1.54, 1.807) is 0 Å². The molecule has 0 N–H and O–H groups in total. The van der Waals surface area contributed by atoms with Gasteiger partial charge in [0.2, 0.25) is 0 Å². The zero-order valence-corrected chi connectivity index (χ0v) is 14.3. The Labute approximate surface area is 140 Å². The third-order valence-corrected chi connectivity index (χ3v) is 5.40. The predicted octanol–water partition coefficient (Wildman–Crippen LogP) is 4.57. The number of carbonyl (C=O) groups excluding carboxylic acids is 1. The molecule has 0 aromatic rings. The van der Waals surface area contributed by atoms with Crippen molar-refractivity contribution < 1.29 is 14.3 Å². The highest BCUT2D eigenvalue weighted by atomic mass is 16.6. The van der Waals surface area contributed by atoms with E-state index in [-0.39, 0.29) is 12.1 Å². The lowest BCUT2D eigenvalue weighted by Crippen LogP contribution is -2.34. The molecule has 1 saturated carbocycles. The van der Waals surface area contributed by atoms with Gasteiger partial charge in [-0.25, -0.2) is 0 Å². The van der Waals surface area contributed by atoms with Gasteiger partial charge in [-0.3, -0.25) is 4.79 Å². The Kier molecular flexibility index (Phi) is 5.93. The average molecular weight is 318 g/mol. The van der Waals surface area contributed by atoms with Gasteiger partial charge in [0.25, 0.3) is 0 Å². The minimum absolute atomic E-state index is 0.0134. The Balaban J connectivity index is 1.45. The molecule has 2 saturated heterocycles. The number of rotatable bonds is 8. The van der Waals surface area contributed by atoms with E-state index in [1.807, 2.05) is 0 Å². The first-order chi connectivity index (χ1) is 11.3. The minimum atomic E-state index is -0.0134. The summed E-state index contributed by atoms with van der Waals surface area (Å²) in [4.78, 5) is 11.6. The molecule has 2 aliphatic heterocycles. The third kappa shape index (κ3) is 4.47. The highest BCUT2D eigenvalue weighted by Gasteiger charge is 2.57. The predicted molar refractivity (Wildman–Crippen MR) is 91.0 cm³/mol. The number of hydrogen-bond acceptors (Lipinski definition) is 3. The van der Waals surface area contributed by atoms with Gasteiger partial charge in [-0.05, 0) is 38.5 Å². The lowest BCUT2D eigenvalue weighted by molar-refractivity contribution is -0.158. The second-order valence-corrected chi connectivity index (χ2v) is 7.17. The summed E-state index contributed by atoms with van der Waals surface area (Å²) in [5, 5.41) is 0. The van der Waals surface area contributed by atoms with Crippen molar-refractivity contribution >= 4 is 5.97 Å². The van der Waals surface area contributed by atoms with Crippen LogP contribution in [0.2, 0.25) is 0 Å². The fourth-order valence-corrected chi connectivity index (χ4v) is 4.08. The van der Waals surface area contributed by atoms with Crippen molar-refractivity contribution in [3.05, 3.63) is 24.3 Å². The van der Waals surface area contributed by atoms with Crippen LogP contribution in [-0.4, -0.2) is 24.3 Å². The van der Waals surface area contributed by atoms with E-state index in [2.05, 4.69) is 31.2 Å². The van der Waals surface area contributed by atoms with E-state index in [4.69, 9.17) is 9.47 Å². The van der Waals surface area contributed by atoms with Gasteiger partial charge in [0, 0.05) is 18.3 Å². The Morgan fingerprint density at radius 1 is 1.17 bits per heavy atom. The first-order valence-corrected chi connectivity index (χ1v) is 9.46. The van der Waals surface area contributed by atoms with Crippen LogP contribution in [0.4, 0.5) is 0 Å². The maximum absolute atomic E-state index is 11.6. The standard InChI is InChI=1S/C20H30O3/c1-2-3-4-5-6-7-8-9-11-15-16(14-18-20(15)23-18)17-12-10-13-19(21)22-17/h6-7,9,11,15-18,20H,2-5,8,10,12-14H2,1H3/b7-6-,11-9+/t15-,16+,17+,18+,20-/m1/s1. The largest absolute Gasteiger partial charge is 0.462 e. The molecule has 2 heterocycles. The molecule has 0 aromatic heterocycles. The van der Waals surface area contributed by atoms with Crippen molar-refractivity contribution in [2.45, 2.75) is 83.0 Å². The lowest BCUT2D eigenvalue weighted by Gasteiger charge is -2.31. The van der Waals surface area contributed by atoms with Gasteiger partial charge in [-0.2, -0.15) is 0 Å². The highest BCUT2D eigenvalue weighted by molar-refractivity contribution is 5.70. The molecule has 5 atom stereocenters. The van der Waals surface area contributed by atoms with Gasteiger partial charge < -0.3 is 9.47 Å². The summed E-state index contributed by atoms with van der Waals surface area (Å²) in [6.07, 6.45) is 19.8. The normalized spacial score (nSPS) is 36.6. The number of carbonyl (C=O) groups is 1. The number of esters is 1. The summed E-state index contributed by atoms with van der Waals surface area (Å²) in [7, 11) is 0. The van der Waals surface area contributed by atoms with E-state index in [1.165, 1.54) is 25.7 Å². The first kappa shape index (κ1) is 16.8. The summed E-state index contributed by atoms with van der Waals surface area (Å²) in [5.74, 6) is 0.887. The van der Waals surface area contributed by atoms with E-state index < -0.39 is 0 Å². The molecule has 0 spiro atoms. The molecular formula is C20H30O3. The Morgan fingerprint density at radius 2 is 2.09 bits per heavy atom. The number of hydrogen-bond donors (Lipinski definition) is 0. The van der Waals surface area contributed by atoms with Crippen molar-refractivity contribution in [2.24, 2.45) is 11.8 Å².